The summed E-state index contributed by atoms with van der Waals surface area (Å²) in [7, 11) is -3.19. The molecule has 0 atom stereocenters. The van der Waals surface area contributed by atoms with Crippen LogP contribution in [0.1, 0.15) is 29.7 Å². The van der Waals surface area contributed by atoms with E-state index in [4.69, 9.17) is 19.8 Å². The van der Waals surface area contributed by atoms with Crippen LogP contribution < -0.4 is 4.72 Å². The Morgan fingerprint density at radius 3 is 2.45 bits per heavy atom. The van der Waals surface area contributed by atoms with E-state index in [0.29, 0.717) is 0 Å². The van der Waals surface area contributed by atoms with Crippen molar-refractivity contribution in [1.82, 2.24) is 9.97 Å². The highest BCUT2D eigenvalue weighted by Crippen LogP contribution is 2.28. The lowest BCUT2D eigenvalue weighted by Crippen LogP contribution is -2.16. The van der Waals surface area contributed by atoms with Crippen molar-refractivity contribution in [1.29, 1.82) is 0 Å². The Morgan fingerprint density at radius 2 is 1.79 bits per heavy atom. The number of sulfonamides is 1. The standard InChI is InChI=1S/C20H18ClN3O4S/c1-12-6-4-7-13(2)18(12)16-11-17(21)23-20(22-16)24-29(26,27)15-9-5-8-14(10-15)19(25)28-3/h4-11H,1-3H3,(H,22,23,24)/i1D3,2D3. The molecule has 0 aliphatic carbocycles. The lowest BCUT2D eigenvalue weighted by Gasteiger charge is -2.12. The molecule has 0 amide bonds. The van der Waals surface area contributed by atoms with Gasteiger partial charge in [-0.1, -0.05) is 35.9 Å². The lowest BCUT2D eigenvalue weighted by atomic mass is 10.00. The minimum Gasteiger partial charge on any atom is -0.465 e. The molecule has 0 fully saturated rings. The van der Waals surface area contributed by atoms with Crippen molar-refractivity contribution in [2.24, 2.45) is 0 Å². The summed E-state index contributed by atoms with van der Waals surface area (Å²) in [5.74, 6) is -1.28. The number of nitrogens with zero attached hydrogens (tertiary/aromatic N) is 2. The van der Waals surface area contributed by atoms with Gasteiger partial charge in [-0.15, -0.1) is 0 Å². The van der Waals surface area contributed by atoms with Crippen LogP contribution in [0.15, 0.2) is 53.4 Å². The van der Waals surface area contributed by atoms with Gasteiger partial charge in [-0.05, 0) is 43.0 Å². The summed E-state index contributed by atoms with van der Waals surface area (Å²) in [6.45, 7) is -5.41. The van der Waals surface area contributed by atoms with Crippen LogP contribution >= 0.6 is 11.6 Å². The van der Waals surface area contributed by atoms with Crippen LogP contribution in [0, 0.1) is 13.7 Å². The monoisotopic (exact) mass is 437 g/mol. The quantitative estimate of drug-likeness (QED) is 0.478. The van der Waals surface area contributed by atoms with Gasteiger partial charge in [-0.25, -0.2) is 27.9 Å². The first-order valence-electron chi connectivity index (χ1n) is 11.0. The average Bonchev–Trinajstić information content (AvgIpc) is 2.76. The predicted molar refractivity (Wildman–Crippen MR) is 111 cm³/mol. The maximum absolute atomic E-state index is 12.9. The second-order valence-corrected chi connectivity index (χ2v) is 7.82. The molecule has 0 aliphatic heterocycles. The molecule has 150 valence electrons. The van der Waals surface area contributed by atoms with Crippen LogP contribution in [0.4, 0.5) is 5.95 Å². The van der Waals surface area contributed by atoms with Crippen LogP contribution in [0.25, 0.3) is 11.3 Å². The summed E-state index contributed by atoms with van der Waals surface area (Å²) in [6, 6.07) is 9.89. The molecule has 0 spiro atoms. The molecule has 3 rings (SSSR count). The number of hydrogen-bond donors (Lipinski definition) is 1. The van der Waals surface area contributed by atoms with E-state index in [-0.39, 0.29) is 38.0 Å². The van der Waals surface area contributed by atoms with Crippen LogP contribution in [-0.2, 0) is 14.8 Å². The van der Waals surface area contributed by atoms with E-state index < -0.39 is 35.6 Å². The van der Waals surface area contributed by atoms with E-state index in [1.165, 1.54) is 36.4 Å². The Balaban J connectivity index is 2.14. The first-order valence-corrected chi connectivity index (χ1v) is 9.90. The van der Waals surface area contributed by atoms with Gasteiger partial charge in [0.15, 0.2) is 0 Å². The van der Waals surface area contributed by atoms with Crippen LogP contribution in [0.5, 0.6) is 0 Å². The molecule has 0 radical (unpaired) electrons. The number of nitrogens with one attached hydrogen (secondary N) is 1. The average molecular weight is 438 g/mol. The van der Waals surface area contributed by atoms with E-state index >= 15 is 0 Å². The second kappa shape index (κ2) is 8.18. The number of aryl methyl sites for hydroxylation is 2. The molecular formula is C20H18ClN3O4S. The second-order valence-electron chi connectivity index (χ2n) is 5.75. The first-order chi connectivity index (χ1) is 16.1. The number of carbonyl (C=O) groups excluding carboxylic acids is 1. The fourth-order valence-corrected chi connectivity index (χ4v) is 3.68. The van der Waals surface area contributed by atoms with Gasteiger partial charge < -0.3 is 4.74 Å². The number of ether oxygens (including phenoxy) is 1. The van der Waals surface area contributed by atoms with Crippen molar-refractivity contribution in [2.75, 3.05) is 11.8 Å². The number of carbonyl (C=O) groups is 1. The molecule has 29 heavy (non-hydrogen) atoms. The maximum Gasteiger partial charge on any atom is 0.337 e. The van der Waals surface area contributed by atoms with Crippen molar-refractivity contribution in [2.45, 2.75) is 18.6 Å². The zero-order chi connectivity index (χ0) is 26.2. The number of aromatic nitrogens is 2. The fourth-order valence-electron chi connectivity index (χ4n) is 2.51. The summed E-state index contributed by atoms with van der Waals surface area (Å²) >= 11 is 6.07. The van der Waals surface area contributed by atoms with Gasteiger partial charge in [-0.3, -0.25) is 0 Å². The summed E-state index contributed by atoms with van der Waals surface area (Å²) in [4.78, 5) is 19.3. The first kappa shape index (κ1) is 14.1. The summed E-state index contributed by atoms with van der Waals surface area (Å²) < 4.78 is 79.5. The van der Waals surface area contributed by atoms with Crippen LogP contribution in [0.2, 0.25) is 5.15 Å². The topological polar surface area (TPSA) is 98.2 Å². The molecule has 9 heteroatoms. The van der Waals surface area contributed by atoms with E-state index in [9.17, 15) is 13.2 Å². The summed E-state index contributed by atoms with van der Waals surface area (Å²) in [6.07, 6.45) is 0. The van der Waals surface area contributed by atoms with Gasteiger partial charge in [0.2, 0.25) is 5.95 Å². The zero-order valence-corrected chi connectivity index (χ0v) is 16.5. The van der Waals surface area contributed by atoms with Gasteiger partial charge in [0.25, 0.3) is 10.0 Å². The highest BCUT2D eigenvalue weighted by molar-refractivity contribution is 7.92. The molecule has 0 unspecified atom stereocenters. The van der Waals surface area contributed by atoms with Crippen molar-refractivity contribution < 1.29 is 26.2 Å². The predicted octanol–water partition coefficient (Wildman–Crippen LogP) is 4.00. The molecule has 0 bridgehead atoms. The molecule has 7 nitrogen and oxygen atoms in total. The lowest BCUT2D eigenvalue weighted by molar-refractivity contribution is 0.0600. The SMILES string of the molecule is [2H]C([2H])([2H])c1cccc(C([2H])([2H])[2H])c1-c1cc(Cl)nc(NS(=O)(=O)c2cccc(C(=O)OC)c2)n1. The van der Waals surface area contributed by atoms with Gasteiger partial charge in [0.05, 0.1) is 23.3 Å². The highest BCUT2D eigenvalue weighted by atomic mass is 35.5. The highest BCUT2D eigenvalue weighted by Gasteiger charge is 2.19. The molecule has 2 aromatic carbocycles. The molecule has 3 aromatic rings. The minimum atomic E-state index is -4.33. The molecule has 1 heterocycles. The molecular weight excluding hydrogens is 414 g/mol. The normalized spacial score (nSPS) is 15.1. The van der Waals surface area contributed by atoms with E-state index in [0.717, 1.165) is 19.2 Å². The van der Waals surface area contributed by atoms with Crippen molar-refractivity contribution in [3.63, 3.8) is 0 Å². The van der Waals surface area contributed by atoms with Crippen molar-refractivity contribution >= 4 is 33.5 Å². The van der Waals surface area contributed by atoms with Crippen LogP contribution in [-0.4, -0.2) is 31.5 Å². The number of benzene rings is 2. The Bertz CT molecular complexity index is 1360. The Hall–Kier alpha value is -2.97. The number of esters is 1. The number of rotatable bonds is 5. The fraction of sp³-hybridized carbons (Fsp3) is 0.150. The Morgan fingerprint density at radius 1 is 1.10 bits per heavy atom. The number of hydrogen-bond acceptors (Lipinski definition) is 6. The van der Waals surface area contributed by atoms with Crippen LogP contribution in [0.3, 0.4) is 0 Å². The minimum absolute atomic E-state index is 0.0167. The number of methoxy groups -OCH3 is 1. The van der Waals surface area contributed by atoms with Gasteiger partial charge in [0.1, 0.15) is 5.15 Å². The smallest absolute Gasteiger partial charge is 0.337 e. The maximum atomic E-state index is 12.9. The summed E-state index contributed by atoms with van der Waals surface area (Å²) in [5, 5.41) is -0.271. The molecule has 0 saturated carbocycles. The molecule has 1 N–H and O–H groups in total. The third-order valence-corrected chi connectivity index (χ3v) is 5.33. The van der Waals surface area contributed by atoms with Gasteiger partial charge in [0, 0.05) is 19.9 Å². The molecule has 1 aromatic heterocycles. The zero-order valence-electron chi connectivity index (χ0n) is 20.9. The summed E-state index contributed by atoms with van der Waals surface area (Å²) in [5.41, 5.74) is -1.06. The third-order valence-electron chi connectivity index (χ3n) is 3.81. The molecule has 0 aliphatic rings. The number of anilines is 1. The Labute approximate surface area is 182 Å². The Kier molecular flexibility index (Phi) is 3.97. The van der Waals surface area contributed by atoms with E-state index in [2.05, 4.69) is 19.4 Å². The van der Waals surface area contributed by atoms with Crippen molar-refractivity contribution in [3.8, 4) is 11.3 Å². The van der Waals surface area contributed by atoms with E-state index in [1.54, 1.807) is 0 Å². The number of halogens is 1. The van der Waals surface area contributed by atoms with Crippen molar-refractivity contribution in [3.05, 3.63) is 70.4 Å². The largest absolute Gasteiger partial charge is 0.465 e. The van der Waals surface area contributed by atoms with Gasteiger partial charge >= 0.3 is 5.97 Å². The van der Waals surface area contributed by atoms with E-state index in [1.807, 2.05) is 0 Å². The third kappa shape index (κ3) is 4.55. The van der Waals surface area contributed by atoms with Gasteiger partial charge in [-0.2, -0.15) is 0 Å². The molecule has 0 saturated heterocycles.